The Morgan fingerprint density at radius 3 is 2.84 bits per heavy atom. The number of urea groups is 1. The number of hydrogen-bond donors (Lipinski definition) is 1. The van der Waals surface area contributed by atoms with Crippen LogP contribution in [0.5, 0.6) is 0 Å². The quantitative estimate of drug-likeness (QED) is 0.842. The Labute approximate surface area is 144 Å². The van der Waals surface area contributed by atoms with Crippen LogP contribution in [0.25, 0.3) is 5.65 Å². The van der Waals surface area contributed by atoms with Gasteiger partial charge in [-0.15, -0.1) is 5.10 Å². The van der Waals surface area contributed by atoms with Crippen LogP contribution in [0.4, 0.5) is 4.79 Å². The number of nitrogens with zero attached hydrogens (tertiary/aromatic N) is 4. The maximum atomic E-state index is 12.9. The largest absolute Gasteiger partial charge is 0.350 e. The summed E-state index contributed by atoms with van der Waals surface area (Å²) in [6.07, 6.45) is 5.29. The van der Waals surface area contributed by atoms with Gasteiger partial charge in [-0.3, -0.25) is 14.1 Å². The van der Waals surface area contributed by atoms with Crippen LogP contribution in [-0.4, -0.2) is 43.1 Å². The van der Waals surface area contributed by atoms with Gasteiger partial charge in [0.2, 0.25) is 0 Å². The fourth-order valence-electron chi connectivity index (χ4n) is 4.01. The van der Waals surface area contributed by atoms with E-state index in [2.05, 4.69) is 10.4 Å². The molecule has 132 valence electrons. The Kier molecular flexibility index (Phi) is 3.63. The molecular formula is C17H21N5O3. The van der Waals surface area contributed by atoms with Crippen molar-refractivity contribution in [3.63, 3.8) is 0 Å². The highest BCUT2D eigenvalue weighted by Crippen LogP contribution is 2.38. The molecule has 1 saturated carbocycles. The fraction of sp³-hybridized carbons (Fsp3) is 0.529. The Bertz CT molecular complexity index is 901. The third kappa shape index (κ3) is 2.35. The molecule has 0 aromatic carbocycles. The molecule has 2 aromatic rings. The fourth-order valence-corrected chi connectivity index (χ4v) is 4.01. The van der Waals surface area contributed by atoms with Crippen LogP contribution < -0.4 is 11.0 Å². The van der Waals surface area contributed by atoms with Gasteiger partial charge in [-0.2, -0.15) is 0 Å². The number of nitrogens with one attached hydrogen (secondary N) is 1. The monoisotopic (exact) mass is 343 g/mol. The molecule has 2 aliphatic rings. The predicted octanol–water partition coefficient (Wildman–Crippen LogP) is 0.997. The Morgan fingerprint density at radius 1 is 1.24 bits per heavy atom. The van der Waals surface area contributed by atoms with Crippen molar-refractivity contribution in [1.82, 2.24) is 24.4 Å². The minimum absolute atomic E-state index is 0.126. The van der Waals surface area contributed by atoms with Crippen molar-refractivity contribution >= 4 is 17.6 Å². The third-order valence-electron chi connectivity index (χ3n) is 5.53. The highest BCUT2D eigenvalue weighted by Gasteiger charge is 2.54. The lowest BCUT2D eigenvalue weighted by Crippen LogP contribution is -2.54. The molecule has 1 N–H and O–H groups in total. The van der Waals surface area contributed by atoms with Crippen molar-refractivity contribution in [3.05, 3.63) is 34.9 Å². The summed E-state index contributed by atoms with van der Waals surface area (Å²) < 4.78 is 2.74. The minimum Gasteiger partial charge on any atom is -0.323 e. The van der Waals surface area contributed by atoms with Gasteiger partial charge in [-0.1, -0.05) is 25.8 Å². The SMILES string of the molecule is C[C@H]1CCCC[C@@]12NC(=O)N(CCn1nc3ccccn3c1=O)C2=O. The first-order valence-electron chi connectivity index (χ1n) is 8.71. The van der Waals surface area contributed by atoms with Crippen LogP contribution in [0.2, 0.25) is 0 Å². The number of hydrogen-bond acceptors (Lipinski definition) is 4. The van der Waals surface area contributed by atoms with Crippen LogP contribution in [0.15, 0.2) is 29.2 Å². The van der Waals surface area contributed by atoms with Crippen LogP contribution in [0.3, 0.4) is 0 Å². The van der Waals surface area contributed by atoms with E-state index in [4.69, 9.17) is 0 Å². The second kappa shape index (κ2) is 5.72. The van der Waals surface area contributed by atoms with Gasteiger partial charge in [0, 0.05) is 6.20 Å². The van der Waals surface area contributed by atoms with E-state index < -0.39 is 5.54 Å². The second-order valence-corrected chi connectivity index (χ2v) is 6.94. The average molecular weight is 343 g/mol. The molecule has 2 aromatic heterocycles. The van der Waals surface area contributed by atoms with Gasteiger partial charge in [0.1, 0.15) is 5.54 Å². The lowest BCUT2D eigenvalue weighted by Gasteiger charge is -2.36. The average Bonchev–Trinajstić information content (AvgIpc) is 3.05. The molecule has 4 rings (SSSR count). The maximum Gasteiger partial charge on any atom is 0.350 e. The van der Waals surface area contributed by atoms with Gasteiger partial charge in [-0.05, 0) is 30.9 Å². The molecule has 8 nitrogen and oxygen atoms in total. The zero-order valence-corrected chi connectivity index (χ0v) is 14.1. The van der Waals surface area contributed by atoms with E-state index in [0.717, 1.165) is 19.3 Å². The predicted molar refractivity (Wildman–Crippen MR) is 90.1 cm³/mol. The molecular weight excluding hydrogens is 322 g/mol. The summed E-state index contributed by atoms with van der Waals surface area (Å²) in [6, 6.07) is 4.93. The molecule has 1 aliphatic heterocycles. The first-order valence-corrected chi connectivity index (χ1v) is 8.71. The molecule has 2 atom stereocenters. The summed E-state index contributed by atoms with van der Waals surface area (Å²) in [4.78, 5) is 38.8. The first kappa shape index (κ1) is 15.9. The van der Waals surface area contributed by atoms with E-state index in [-0.39, 0.29) is 36.6 Å². The van der Waals surface area contributed by atoms with Gasteiger partial charge in [0.05, 0.1) is 13.1 Å². The van der Waals surface area contributed by atoms with E-state index in [1.165, 1.54) is 14.0 Å². The third-order valence-corrected chi connectivity index (χ3v) is 5.53. The van der Waals surface area contributed by atoms with Crippen LogP contribution in [0.1, 0.15) is 32.6 Å². The molecule has 1 saturated heterocycles. The molecule has 0 bridgehead atoms. The van der Waals surface area contributed by atoms with Gasteiger partial charge >= 0.3 is 11.7 Å². The zero-order valence-electron chi connectivity index (χ0n) is 14.1. The van der Waals surface area contributed by atoms with Crippen molar-refractivity contribution < 1.29 is 9.59 Å². The number of carbonyl (C=O) groups is 2. The number of pyridine rings is 1. The molecule has 3 heterocycles. The van der Waals surface area contributed by atoms with Gasteiger partial charge in [0.15, 0.2) is 5.65 Å². The van der Waals surface area contributed by atoms with Crippen molar-refractivity contribution in [3.8, 4) is 0 Å². The molecule has 25 heavy (non-hydrogen) atoms. The standard InChI is InChI=1S/C17H21N5O3/c1-12-6-2-4-8-17(12)14(23)21(15(24)18-17)10-11-22-16(25)20-9-5-3-7-13(20)19-22/h3,5,7,9,12H,2,4,6,8,10-11H2,1H3,(H,18,24)/t12-,17+/m0/s1. The molecule has 1 spiro atoms. The highest BCUT2D eigenvalue weighted by atomic mass is 16.2. The molecule has 3 amide bonds. The van der Waals surface area contributed by atoms with Gasteiger partial charge < -0.3 is 5.32 Å². The number of amides is 3. The van der Waals surface area contributed by atoms with Crippen molar-refractivity contribution in [1.29, 1.82) is 0 Å². The Hall–Kier alpha value is -2.64. The van der Waals surface area contributed by atoms with Crippen molar-refractivity contribution in [2.24, 2.45) is 5.92 Å². The van der Waals surface area contributed by atoms with E-state index in [0.29, 0.717) is 12.1 Å². The molecule has 8 heteroatoms. The topological polar surface area (TPSA) is 88.7 Å². The zero-order chi connectivity index (χ0) is 17.6. The Balaban J connectivity index is 1.54. The van der Waals surface area contributed by atoms with Gasteiger partial charge in [0.25, 0.3) is 5.91 Å². The molecule has 0 unspecified atom stereocenters. The summed E-state index contributed by atoms with van der Waals surface area (Å²) in [5.74, 6) is -0.0397. The van der Waals surface area contributed by atoms with E-state index in [1.807, 2.05) is 6.92 Å². The molecule has 1 aliphatic carbocycles. The number of aromatic nitrogens is 3. The van der Waals surface area contributed by atoms with Crippen LogP contribution >= 0.6 is 0 Å². The van der Waals surface area contributed by atoms with Crippen molar-refractivity contribution in [2.75, 3.05) is 6.54 Å². The molecule has 0 radical (unpaired) electrons. The summed E-state index contributed by atoms with van der Waals surface area (Å²) in [6.45, 7) is 2.35. The lowest BCUT2D eigenvalue weighted by molar-refractivity contribution is -0.134. The first-order chi connectivity index (χ1) is 12.0. The van der Waals surface area contributed by atoms with E-state index >= 15 is 0 Å². The maximum absolute atomic E-state index is 12.9. The number of imide groups is 1. The smallest absolute Gasteiger partial charge is 0.323 e. The van der Waals surface area contributed by atoms with E-state index in [9.17, 15) is 14.4 Å². The summed E-state index contributed by atoms with van der Waals surface area (Å²) >= 11 is 0. The lowest BCUT2D eigenvalue weighted by atomic mass is 9.73. The van der Waals surface area contributed by atoms with E-state index in [1.54, 1.807) is 24.4 Å². The normalized spacial score (nSPS) is 26.6. The van der Waals surface area contributed by atoms with Crippen LogP contribution in [-0.2, 0) is 11.3 Å². The minimum atomic E-state index is -0.765. The summed E-state index contributed by atoms with van der Waals surface area (Å²) in [5, 5.41) is 7.16. The number of fused-ring (bicyclic) bond motifs is 1. The van der Waals surface area contributed by atoms with Crippen LogP contribution in [0, 0.1) is 5.92 Å². The summed E-state index contributed by atoms with van der Waals surface area (Å²) in [7, 11) is 0. The second-order valence-electron chi connectivity index (χ2n) is 6.94. The number of rotatable bonds is 3. The van der Waals surface area contributed by atoms with Crippen molar-refractivity contribution in [2.45, 2.75) is 44.7 Å². The van der Waals surface area contributed by atoms with Gasteiger partial charge in [-0.25, -0.2) is 14.3 Å². The number of carbonyl (C=O) groups excluding carboxylic acids is 2. The Morgan fingerprint density at radius 2 is 2.08 bits per heavy atom. The summed E-state index contributed by atoms with van der Waals surface area (Å²) in [5.41, 5.74) is -0.496. The highest BCUT2D eigenvalue weighted by molar-refractivity contribution is 6.07. The molecule has 2 fully saturated rings.